The van der Waals surface area contributed by atoms with Crippen molar-refractivity contribution in [2.45, 2.75) is 24.1 Å². The van der Waals surface area contributed by atoms with Crippen LogP contribution in [-0.4, -0.2) is 45.3 Å². The van der Waals surface area contributed by atoms with Gasteiger partial charge in [0.2, 0.25) is 10.0 Å². The third kappa shape index (κ3) is 4.24. The lowest BCUT2D eigenvalue weighted by atomic mass is 10.2. The zero-order chi connectivity index (χ0) is 20.1. The number of thioether (sulfide) groups is 1. The van der Waals surface area contributed by atoms with Gasteiger partial charge in [0, 0.05) is 18.4 Å². The van der Waals surface area contributed by atoms with Crippen LogP contribution in [0.2, 0.25) is 0 Å². The summed E-state index contributed by atoms with van der Waals surface area (Å²) in [5, 5.41) is -0.291. The predicted octanol–water partition coefficient (Wildman–Crippen LogP) is 3.93. The number of ether oxygens (including phenoxy) is 3. The Labute approximate surface area is 170 Å². The molecule has 1 fully saturated rings. The molecule has 1 aliphatic rings. The van der Waals surface area contributed by atoms with Crippen molar-refractivity contribution in [3.63, 3.8) is 0 Å². The molecule has 2 aromatic carbocycles. The van der Waals surface area contributed by atoms with Gasteiger partial charge in [-0.2, -0.15) is 4.31 Å². The van der Waals surface area contributed by atoms with Crippen molar-refractivity contribution in [3.8, 4) is 17.2 Å². The summed E-state index contributed by atoms with van der Waals surface area (Å²) in [4.78, 5) is 0.140. The average Bonchev–Trinajstić information content (AvgIpc) is 3.20. The number of hydrogen-bond acceptors (Lipinski definition) is 6. The molecule has 0 spiro atoms. The molecule has 2 aromatic rings. The summed E-state index contributed by atoms with van der Waals surface area (Å²) in [5.41, 5.74) is 0.922. The van der Waals surface area contributed by atoms with Gasteiger partial charge in [-0.1, -0.05) is 12.1 Å². The first kappa shape index (κ1) is 20.8. The third-order valence-corrected chi connectivity index (χ3v) is 7.64. The maximum absolute atomic E-state index is 13.5. The summed E-state index contributed by atoms with van der Waals surface area (Å²) < 4.78 is 45.0. The molecule has 1 aliphatic heterocycles. The third-order valence-electron chi connectivity index (χ3n) is 4.36. The first-order valence-electron chi connectivity index (χ1n) is 9.18. The molecule has 0 radical (unpaired) electrons. The van der Waals surface area contributed by atoms with Gasteiger partial charge in [-0.15, -0.1) is 11.8 Å². The fourth-order valence-electron chi connectivity index (χ4n) is 3.08. The first-order chi connectivity index (χ1) is 13.5. The maximum atomic E-state index is 13.5. The van der Waals surface area contributed by atoms with Crippen LogP contribution in [0.3, 0.4) is 0 Å². The molecular weight excluding hydrogens is 398 g/mol. The van der Waals surface area contributed by atoms with E-state index in [0.29, 0.717) is 31.3 Å². The summed E-state index contributed by atoms with van der Waals surface area (Å²) in [6.45, 7) is 4.98. The van der Waals surface area contributed by atoms with Crippen LogP contribution >= 0.6 is 11.8 Å². The van der Waals surface area contributed by atoms with E-state index in [4.69, 9.17) is 14.2 Å². The minimum absolute atomic E-state index is 0.140. The zero-order valence-electron chi connectivity index (χ0n) is 16.3. The van der Waals surface area contributed by atoms with Gasteiger partial charge in [-0.05, 0) is 43.7 Å². The van der Waals surface area contributed by atoms with Crippen LogP contribution in [0, 0.1) is 0 Å². The zero-order valence-corrected chi connectivity index (χ0v) is 17.9. The van der Waals surface area contributed by atoms with Gasteiger partial charge >= 0.3 is 0 Å². The highest BCUT2D eigenvalue weighted by Gasteiger charge is 2.38. The number of nitrogens with zero attached hydrogens (tertiary/aromatic N) is 1. The molecule has 0 N–H and O–H groups in total. The molecule has 0 aromatic heterocycles. The summed E-state index contributed by atoms with van der Waals surface area (Å²) in [7, 11) is -2.16. The van der Waals surface area contributed by atoms with Gasteiger partial charge in [0.1, 0.15) is 22.1 Å². The molecule has 0 aliphatic carbocycles. The van der Waals surface area contributed by atoms with E-state index < -0.39 is 10.0 Å². The maximum Gasteiger partial charge on any atom is 0.248 e. The second-order valence-corrected chi connectivity index (χ2v) is 9.13. The first-order valence-corrected chi connectivity index (χ1v) is 11.7. The molecule has 3 rings (SSSR count). The Morgan fingerprint density at radius 1 is 1.04 bits per heavy atom. The van der Waals surface area contributed by atoms with E-state index in [1.165, 1.54) is 4.31 Å². The SMILES string of the molecule is CCOc1ccc(OCC)c(S(=O)(=O)N2CCSC2c2ccc(OC)cc2)c1. The molecular formula is C20H25NO5S2. The number of sulfonamides is 1. The highest BCUT2D eigenvalue weighted by Crippen LogP contribution is 2.43. The van der Waals surface area contributed by atoms with Crippen LogP contribution in [0.5, 0.6) is 17.2 Å². The number of hydrogen-bond donors (Lipinski definition) is 0. The second-order valence-electron chi connectivity index (χ2n) is 6.09. The Morgan fingerprint density at radius 3 is 2.36 bits per heavy atom. The smallest absolute Gasteiger partial charge is 0.248 e. The lowest BCUT2D eigenvalue weighted by molar-refractivity contribution is 0.320. The standard InChI is InChI=1S/C20H25NO5S2/c1-4-25-17-10-11-18(26-5-2)19(14-17)28(22,23)21-12-13-27-20(21)15-6-8-16(24-3)9-7-15/h6-11,14,20H,4-5,12-13H2,1-3H3. The fourth-order valence-corrected chi connectivity index (χ4v) is 6.47. The summed E-state index contributed by atoms with van der Waals surface area (Å²) in [5.74, 6) is 2.32. The highest BCUT2D eigenvalue weighted by atomic mass is 32.2. The van der Waals surface area contributed by atoms with Gasteiger partial charge in [-0.3, -0.25) is 0 Å². The minimum atomic E-state index is -3.77. The van der Waals surface area contributed by atoms with E-state index >= 15 is 0 Å². The monoisotopic (exact) mass is 423 g/mol. The Bertz CT molecular complexity index is 899. The molecule has 8 heteroatoms. The Morgan fingerprint density at radius 2 is 1.71 bits per heavy atom. The molecule has 1 saturated heterocycles. The van der Waals surface area contributed by atoms with E-state index in [1.54, 1.807) is 37.1 Å². The van der Waals surface area contributed by atoms with Crippen molar-refractivity contribution >= 4 is 21.8 Å². The molecule has 0 amide bonds. The molecule has 152 valence electrons. The van der Waals surface area contributed by atoms with Crippen LogP contribution in [0.25, 0.3) is 0 Å². The van der Waals surface area contributed by atoms with Gasteiger partial charge in [0.25, 0.3) is 0 Å². The van der Waals surface area contributed by atoms with Gasteiger partial charge in [-0.25, -0.2) is 8.42 Å². The molecule has 1 atom stereocenters. The van der Waals surface area contributed by atoms with Crippen molar-refractivity contribution in [1.82, 2.24) is 4.31 Å². The van der Waals surface area contributed by atoms with Gasteiger partial charge in [0.05, 0.1) is 25.7 Å². The highest BCUT2D eigenvalue weighted by molar-refractivity contribution is 8.01. The topological polar surface area (TPSA) is 65.1 Å². The predicted molar refractivity (Wildman–Crippen MR) is 111 cm³/mol. The molecule has 1 heterocycles. The van der Waals surface area contributed by atoms with Crippen molar-refractivity contribution in [1.29, 1.82) is 0 Å². The Balaban J connectivity index is 1.99. The number of methoxy groups -OCH3 is 1. The number of benzene rings is 2. The van der Waals surface area contributed by atoms with E-state index in [-0.39, 0.29) is 10.3 Å². The molecule has 6 nitrogen and oxygen atoms in total. The van der Waals surface area contributed by atoms with Crippen LogP contribution in [0.1, 0.15) is 24.8 Å². The van der Waals surface area contributed by atoms with Crippen LogP contribution in [0.15, 0.2) is 47.4 Å². The van der Waals surface area contributed by atoms with Crippen molar-refractivity contribution in [3.05, 3.63) is 48.0 Å². The normalized spacial score (nSPS) is 17.5. The molecule has 28 heavy (non-hydrogen) atoms. The van der Waals surface area contributed by atoms with Gasteiger partial charge in [0.15, 0.2) is 0 Å². The number of rotatable bonds is 8. The Kier molecular flexibility index (Phi) is 6.74. The summed E-state index contributed by atoms with van der Waals surface area (Å²) >= 11 is 1.61. The molecule has 0 bridgehead atoms. The quantitative estimate of drug-likeness (QED) is 0.641. The minimum Gasteiger partial charge on any atom is -0.497 e. The summed E-state index contributed by atoms with van der Waals surface area (Å²) in [6, 6.07) is 12.5. The molecule has 0 saturated carbocycles. The van der Waals surface area contributed by atoms with Crippen molar-refractivity contribution < 1.29 is 22.6 Å². The lowest BCUT2D eigenvalue weighted by Crippen LogP contribution is -2.31. The van der Waals surface area contributed by atoms with Crippen LogP contribution in [0.4, 0.5) is 0 Å². The van der Waals surface area contributed by atoms with Crippen molar-refractivity contribution in [2.24, 2.45) is 0 Å². The summed E-state index contributed by atoms with van der Waals surface area (Å²) in [6.07, 6.45) is 0. The van der Waals surface area contributed by atoms with Crippen LogP contribution in [-0.2, 0) is 10.0 Å². The largest absolute Gasteiger partial charge is 0.497 e. The molecule has 1 unspecified atom stereocenters. The van der Waals surface area contributed by atoms with Crippen LogP contribution < -0.4 is 14.2 Å². The van der Waals surface area contributed by atoms with E-state index in [9.17, 15) is 8.42 Å². The van der Waals surface area contributed by atoms with E-state index in [2.05, 4.69) is 0 Å². The van der Waals surface area contributed by atoms with Gasteiger partial charge < -0.3 is 14.2 Å². The van der Waals surface area contributed by atoms with E-state index in [1.807, 2.05) is 38.1 Å². The fraction of sp³-hybridized carbons (Fsp3) is 0.400. The Hall–Kier alpha value is -1.90. The lowest BCUT2D eigenvalue weighted by Gasteiger charge is -2.25. The second kappa shape index (κ2) is 9.07. The van der Waals surface area contributed by atoms with E-state index in [0.717, 1.165) is 17.1 Å². The average molecular weight is 424 g/mol. The van der Waals surface area contributed by atoms with Crippen molar-refractivity contribution in [2.75, 3.05) is 32.6 Å².